The van der Waals surface area contributed by atoms with Gasteiger partial charge in [0.15, 0.2) is 5.69 Å². The molecule has 1 heterocycles. The zero-order chi connectivity index (χ0) is 19.9. The number of allylic oxidation sites excluding steroid dienone is 1. The molecule has 1 amide bonds. The number of carbonyl (C=O) groups is 1. The van der Waals surface area contributed by atoms with Crippen molar-refractivity contribution in [1.82, 2.24) is 15.2 Å². The summed E-state index contributed by atoms with van der Waals surface area (Å²) >= 11 is 0. The minimum absolute atomic E-state index is 0.186. The van der Waals surface area contributed by atoms with E-state index in [0.717, 1.165) is 17.6 Å². The smallest absolute Gasteiger partial charge is 0.267 e. The van der Waals surface area contributed by atoms with Crippen LogP contribution in [0.3, 0.4) is 0 Å². The first-order chi connectivity index (χ1) is 13.6. The number of nitrogens with zero attached hydrogens (tertiary/aromatic N) is 3. The van der Waals surface area contributed by atoms with Crippen molar-refractivity contribution in [2.24, 2.45) is 5.10 Å². The Hall–Kier alpha value is -3.54. The normalized spacial score (nSPS) is 11.9. The molecule has 3 rings (SSSR count). The highest BCUT2D eigenvalue weighted by atomic mass is 16.2. The molecular formula is C22H22N4O2. The maximum atomic E-state index is 12.6. The Morgan fingerprint density at radius 3 is 2.50 bits per heavy atom. The van der Waals surface area contributed by atoms with Crippen LogP contribution in [0.15, 0.2) is 70.1 Å². The molecule has 28 heavy (non-hydrogen) atoms. The van der Waals surface area contributed by atoms with Crippen LogP contribution in [-0.4, -0.2) is 21.9 Å². The van der Waals surface area contributed by atoms with Gasteiger partial charge in [0.05, 0.1) is 11.6 Å². The van der Waals surface area contributed by atoms with Crippen molar-refractivity contribution in [3.8, 4) is 0 Å². The van der Waals surface area contributed by atoms with Gasteiger partial charge in [0, 0.05) is 11.9 Å². The molecule has 0 radical (unpaired) electrons. The van der Waals surface area contributed by atoms with Crippen molar-refractivity contribution < 1.29 is 4.79 Å². The SMILES string of the molecule is CCCn1nc(C(=O)N/N=C/C(C)=C/c2ccccc2)c2ccccc2c1=O. The van der Waals surface area contributed by atoms with Crippen LogP contribution in [0.4, 0.5) is 0 Å². The predicted octanol–water partition coefficient (Wildman–Crippen LogP) is 3.63. The summed E-state index contributed by atoms with van der Waals surface area (Å²) in [5.41, 5.74) is 4.44. The van der Waals surface area contributed by atoms with E-state index in [0.29, 0.717) is 17.3 Å². The van der Waals surface area contributed by atoms with E-state index in [1.807, 2.05) is 50.3 Å². The summed E-state index contributed by atoms with van der Waals surface area (Å²) in [5.74, 6) is -0.454. The number of carbonyl (C=O) groups excluding carboxylic acids is 1. The highest BCUT2D eigenvalue weighted by molar-refractivity contribution is 6.05. The number of aromatic nitrogens is 2. The fourth-order valence-corrected chi connectivity index (χ4v) is 2.86. The van der Waals surface area contributed by atoms with Crippen molar-refractivity contribution in [2.45, 2.75) is 26.8 Å². The summed E-state index contributed by atoms with van der Waals surface area (Å²) < 4.78 is 1.33. The lowest BCUT2D eigenvalue weighted by atomic mass is 10.1. The lowest BCUT2D eigenvalue weighted by Crippen LogP contribution is -2.29. The van der Waals surface area contributed by atoms with E-state index in [1.165, 1.54) is 4.68 Å². The van der Waals surface area contributed by atoms with Gasteiger partial charge in [-0.3, -0.25) is 9.59 Å². The van der Waals surface area contributed by atoms with Gasteiger partial charge in [-0.05, 0) is 30.5 Å². The fourth-order valence-electron chi connectivity index (χ4n) is 2.86. The highest BCUT2D eigenvalue weighted by Crippen LogP contribution is 2.13. The Bertz CT molecular complexity index is 1100. The number of hydrogen-bond donors (Lipinski definition) is 1. The lowest BCUT2D eigenvalue weighted by Gasteiger charge is -2.09. The molecule has 6 heteroatoms. The second kappa shape index (κ2) is 8.90. The number of benzene rings is 2. The Kier molecular flexibility index (Phi) is 6.11. The van der Waals surface area contributed by atoms with E-state index in [9.17, 15) is 9.59 Å². The number of amides is 1. The highest BCUT2D eigenvalue weighted by Gasteiger charge is 2.15. The Morgan fingerprint density at radius 1 is 1.11 bits per heavy atom. The zero-order valence-corrected chi connectivity index (χ0v) is 15.9. The molecule has 0 saturated heterocycles. The molecule has 0 saturated carbocycles. The van der Waals surface area contributed by atoms with E-state index < -0.39 is 5.91 Å². The van der Waals surface area contributed by atoms with E-state index in [1.54, 1.807) is 30.5 Å². The standard InChI is InChI=1S/C22H22N4O2/c1-3-13-26-22(28)19-12-8-7-11-18(19)20(25-26)21(27)24-23-15-16(2)14-17-9-5-4-6-10-17/h4-12,14-15H,3,13H2,1-2H3,(H,24,27)/b16-14+,23-15+. The molecule has 0 spiro atoms. The van der Waals surface area contributed by atoms with Gasteiger partial charge in [0.2, 0.25) is 0 Å². The van der Waals surface area contributed by atoms with Crippen LogP contribution in [0.1, 0.15) is 36.3 Å². The average Bonchev–Trinajstić information content (AvgIpc) is 2.71. The average molecular weight is 374 g/mol. The van der Waals surface area contributed by atoms with Crippen LogP contribution in [0, 0.1) is 0 Å². The third-order valence-corrected chi connectivity index (χ3v) is 4.15. The van der Waals surface area contributed by atoms with Crippen LogP contribution in [0.25, 0.3) is 16.8 Å². The number of aryl methyl sites for hydroxylation is 1. The van der Waals surface area contributed by atoms with Crippen molar-refractivity contribution in [1.29, 1.82) is 0 Å². The molecule has 0 aliphatic rings. The predicted molar refractivity (Wildman–Crippen MR) is 112 cm³/mol. The molecule has 0 fully saturated rings. The van der Waals surface area contributed by atoms with Gasteiger partial charge in [-0.1, -0.05) is 61.5 Å². The zero-order valence-electron chi connectivity index (χ0n) is 15.9. The topological polar surface area (TPSA) is 76.3 Å². The molecule has 1 aromatic heterocycles. The van der Waals surface area contributed by atoms with E-state index in [2.05, 4.69) is 15.6 Å². The lowest BCUT2D eigenvalue weighted by molar-refractivity contribution is 0.0949. The summed E-state index contributed by atoms with van der Waals surface area (Å²) in [6.45, 7) is 4.30. The van der Waals surface area contributed by atoms with Gasteiger partial charge in [-0.15, -0.1) is 0 Å². The Morgan fingerprint density at radius 2 is 1.79 bits per heavy atom. The molecule has 3 aromatic rings. The second-order valence-electron chi connectivity index (χ2n) is 6.42. The van der Waals surface area contributed by atoms with Gasteiger partial charge in [-0.25, -0.2) is 10.1 Å². The van der Waals surface area contributed by atoms with Crippen LogP contribution >= 0.6 is 0 Å². The molecule has 0 unspecified atom stereocenters. The van der Waals surface area contributed by atoms with Gasteiger partial charge >= 0.3 is 0 Å². The van der Waals surface area contributed by atoms with Crippen molar-refractivity contribution in [3.63, 3.8) is 0 Å². The summed E-state index contributed by atoms with van der Waals surface area (Å²) in [7, 11) is 0. The first kappa shape index (κ1) is 19.2. The Labute approximate surface area is 163 Å². The molecule has 1 N–H and O–H groups in total. The Balaban J connectivity index is 1.84. The summed E-state index contributed by atoms with van der Waals surface area (Å²) in [6.07, 6.45) is 4.29. The van der Waals surface area contributed by atoms with Crippen LogP contribution in [-0.2, 0) is 6.54 Å². The fraction of sp³-hybridized carbons (Fsp3) is 0.182. The summed E-state index contributed by atoms with van der Waals surface area (Å²) in [4.78, 5) is 25.1. The minimum Gasteiger partial charge on any atom is -0.267 e. The quantitative estimate of drug-likeness (QED) is 0.529. The van der Waals surface area contributed by atoms with Gasteiger partial charge in [0.25, 0.3) is 11.5 Å². The minimum atomic E-state index is -0.454. The van der Waals surface area contributed by atoms with Crippen molar-refractivity contribution in [2.75, 3.05) is 0 Å². The first-order valence-corrected chi connectivity index (χ1v) is 9.16. The number of rotatable bonds is 6. The first-order valence-electron chi connectivity index (χ1n) is 9.16. The van der Waals surface area contributed by atoms with Crippen LogP contribution < -0.4 is 11.0 Å². The molecular weight excluding hydrogens is 352 g/mol. The monoisotopic (exact) mass is 374 g/mol. The number of hydrogen-bond acceptors (Lipinski definition) is 4. The second-order valence-corrected chi connectivity index (χ2v) is 6.42. The molecule has 0 atom stereocenters. The van der Waals surface area contributed by atoms with E-state index in [4.69, 9.17) is 0 Å². The largest absolute Gasteiger partial charge is 0.292 e. The molecule has 0 bridgehead atoms. The molecule has 0 aliphatic heterocycles. The van der Waals surface area contributed by atoms with Gasteiger partial charge < -0.3 is 0 Å². The maximum absolute atomic E-state index is 12.6. The van der Waals surface area contributed by atoms with Crippen LogP contribution in [0.5, 0.6) is 0 Å². The summed E-state index contributed by atoms with van der Waals surface area (Å²) in [6, 6.07) is 16.8. The van der Waals surface area contributed by atoms with Crippen molar-refractivity contribution in [3.05, 3.63) is 81.8 Å². The van der Waals surface area contributed by atoms with Gasteiger partial charge in [-0.2, -0.15) is 10.2 Å². The molecule has 142 valence electrons. The maximum Gasteiger partial charge on any atom is 0.292 e. The summed E-state index contributed by atoms with van der Waals surface area (Å²) in [5, 5.41) is 9.28. The van der Waals surface area contributed by atoms with E-state index >= 15 is 0 Å². The van der Waals surface area contributed by atoms with Crippen LogP contribution in [0.2, 0.25) is 0 Å². The molecule has 6 nitrogen and oxygen atoms in total. The number of hydrazone groups is 1. The third kappa shape index (κ3) is 4.40. The molecule has 0 aliphatic carbocycles. The van der Waals surface area contributed by atoms with Gasteiger partial charge in [0.1, 0.15) is 0 Å². The molecule has 2 aromatic carbocycles. The van der Waals surface area contributed by atoms with Crippen molar-refractivity contribution >= 4 is 29.0 Å². The van der Waals surface area contributed by atoms with E-state index in [-0.39, 0.29) is 11.3 Å². The number of fused-ring (bicyclic) bond motifs is 1. The number of nitrogens with one attached hydrogen (secondary N) is 1. The third-order valence-electron chi connectivity index (χ3n) is 4.15.